The Morgan fingerprint density at radius 3 is 1.07 bits per heavy atom. The maximum absolute atomic E-state index is 5.36. The van der Waals surface area contributed by atoms with Crippen molar-refractivity contribution in [3.05, 3.63) is 34.2 Å². The van der Waals surface area contributed by atoms with Crippen molar-refractivity contribution in [3.63, 3.8) is 0 Å². The molecule has 10 rings (SSSR count). The summed E-state index contributed by atoms with van der Waals surface area (Å²) in [6.07, 6.45) is 11.9. The van der Waals surface area contributed by atoms with E-state index in [9.17, 15) is 0 Å². The fourth-order valence-corrected chi connectivity index (χ4v) is 8.86. The first-order valence-corrected chi connectivity index (χ1v) is 12.2. The topological polar surface area (TPSA) is 51.9 Å². The van der Waals surface area contributed by atoms with Crippen molar-refractivity contribution in [3.8, 4) is 0 Å². The molecule has 0 spiro atoms. The van der Waals surface area contributed by atoms with E-state index in [1.807, 2.05) is 0 Å². The summed E-state index contributed by atoms with van der Waals surface area (Å²) in [5.74, 6) is 7.42. The van der Waals surface area contributed by atoms with Crippen molar-refractivity contribution in [1.82, 2.24) is 28.2 Å². The van der Waals surface area contributed by atoms with Crippen LogP contribution in [0, 0.1) is 0 Å². The van der Waals surface area contributed by atoms with Crippen LogP contribution in [0.2, 0.25) is 0 Å². The van der Waals surface area contributed by atoms with Crippen molar-refractivity contribution in [2.24, 2.45) is 0 Å². The summed E-state index contributed by atoms with van der Waals surface area (Å²) in [6.45, 7) is 0. The quantitative estimate of drug-likeness (QED) is 0.432. The van der Waals surface area contributed by atoms with Gasteiger partial charge in [-0.1, -0.05) is 0 Å². The molecule has 0 N–H and O–H groups in total. The van der Waals surface area contributed by atoms with Gasteiger partial charge in [0.2, 0.25) is 17.3 Å². The number of imidazole rings is 3. The molecule has 0 aliphatic heterocycles. The maximum atomic E-state index is 5.36. The molecular weight excluding hydrogens is 372 g/mol. The number of rotatable bonds is 0. The van der Waals surface area contributed by atoms with Crippen molar-refractivity contribution in [2.45, 2.75) is 93.3 Å². The summed E-state index contributed by atoms with van der Waals surface area (Å²) >= 11 is 0. The first kappa shape index (κ1) is 14.6. The number of aromatic nitrogens is 6. The molecule has 3 fully saturated rings. The normalized spacial score (nSPS) is 36.8. The van der Waals surface area contributed by atoms with Crippen LogP contribution in [-0.2, 0) is 0 Å². The van der Waals surface area contributed by atoms with E-state index in [0.717, 1.165) is 17.3 Å². The first-order valence-electron chi connectivity index (χ1n) is 12.2. The maximum Gasteiger partial charge on any atom is 0.224 e. The van der Waals surface area contributed by atoms with Gasteiger partial charge in [-0.3, -0.25) is 13.2 Å². The third kappa shape index (κ3) is 1.32. The van der Waals surface area contributed by atoms with E-state index in [4.69, 9.17) is 15.0 Å². The summed E-state index contributed by atoms with van der Waals surface area (Å²) in [5, 5.41) is 0. The highest BCUT2D eigenvalue weighted by Gasteiger charge is 2.47. The smallest absolute Gasteiger partial charge is 0.224 e. The standard InChI is InChI=1S/C24H24N6/c1-4-13-7-10(1)16-19(13)28-22(25-16)29-20-14-5-2-11(8-14)17(20)27-24(29)30-21-15-6-3-12(9-15)18(21)26-23(28)30/h10-15H,1-9H2. The van der Waals surface area contributed by atoms with Gasteiger partial charge in [0, 0.05) is 35.5 Å². The lowest BCUT2D eigenvalue weighted by Gasteiger charge is -2.15. The Labute approximate surface area is 173 Å². The molecule has 6 heteroatoms. The summed E-state index contributed by atoms with van der Waals surface area (Å²) in [7, 11) is 0. The van der Waals surface area contributed by atoms with Gasteiger partial charge in [0.25, 0.3) is 0 Å². The van der Waals surface area contributed by atoms with E-state index in [2.05, 4.69) is 13.2 Å². The zero-order chi connectivity index (χ0) is 18.9. The van der Waals surface area contributed by atoms with Crippen LogP contribution in [0.4, 0.5) is 0 Å². The SMILES string of the molecule is C1CC2CC1c1nc3n(c12)c1nc2c(n1c1nc4c(n31)C1CCC4C1)C1CCC2C1. The van der Waals surface area contributed by atoms with E-state index in [-0.39, 0.29) is 0 Å². The fraction of sp³-hybridized carbons (Fsp3) is 0.625. The molecule has 6 aliphatic carbocycles. The molecule has 4 aromatic heterocycles. The van der Waals surface area contributed by atoms with Gasteiger partial charge < -0.3 is 0 Å². The minimum absolute atomic E-state index is 0.672. The Bertz CT molecular complexity index is 1280. The second-order valence-corrected chi connectivity index (χ2v) is 11.2. The van der Waals surface area contributed by atoms with Crippen LogP contribution in [0.5, 0.6) is 0 Å². The highest BCUT2D eigenvalue weighted by molar-refractivity contribution is 5.64. The zero-order valence-electron chi connectivity index (χ0n) is 17.0. The lowest BCUT2D eigenvalue weighted by molar-refractivity contribution is 0.677. The molecule has 6 atom stereocenters. The van der Waals surface area contributed by atoms with Crippen LogP contribution in [0.15, 0.2) is 0 Å². The second kappa shape index (κ2) is 4.32. The molecule has 6 aliphatic rings. The number of fused-ring (bicyclic) bond motifs is 24. The Kier molecular flexibility index (Phi) is 2.10. The second-order valence-electron chi connectivity index (χ2n) is 11.2. The lowest BCUT2D eigenvalue weighted by atomic mass is 10.0. The molecule has 30 heavy (non-hydrogen) atoms. The molecule has 6 unspecified atom stereocenters. The summed E-state index contributed by atoms with van der Waals surface area (Å²) < 4.78 is 7.49. The van der Waals surface area contributed by atoms with Gasteiger partial charge in [0.15, 0.2) is 0 Å². The fourth-order valence-electron chi connectivity index (χ4n) is 8.86. The van der Waals surface area contributed by atoms with Crippen LogP contribution in [0.1, 0.15) is 127 Å². The monoisotopic (exact) mass is 396 g/mol. The van der Waals surface area contributed by atoms with Crippen LogP contribution in [0.25, 0.3) is 17.3 Å². The van der Waals surface area contributed by atoms with E-state index in [0.29, 0.717) is 35.5 Å². The average Bonchev–Trinajstić information content (AvgIpc) is 3.56. The van der Waals surface area contributed by atoms with Gasteiger partial charge in [-0.2, -0.15) is 0 Å². The average molecular weight is 396 g/mol. The first-order chi connectivity index (χ1) is 14.8. The Balaban J connectivity index is 1.48. The molecule has 4 heterocycles. The molecule has 6 bridgehead atoms. The zero-order valence-corrected chi connectivity index (χ0v) is 17.0. The van der Waals surface area contributed by atoms with Crippen molar-refractivity contribution < 1.29 is 0 Å². The highest BCUT2D eigenvalue weighted by Crippen LogP contribution is 2.57. The Morgan fingerprint density at radius 2 is 0.733 bits per heavy atom. The molecule has 150 valence electrons. The van der Waals surface area contributed by atoms with Gasteiger partial charge in [-0.25, -0.2) is 15.0 Å². The molecule has 3 saturated carbocycles. The van der Waals surface area contributed by atoms with E-state index >= 15 is 0 Å². The third-order valence-corrected chi connectivity index (χ3v) is 9.99. The van der Waals surface area contributed by atoms with Crippen molar-refractivity contribution in [1.29, 1.82) is 0 Å². The van der Waals surface area contributed by atoms with E-state index in [1.54, 1.807) is 0 Å². The summed E-state index contributed by atoms with van der Waals surface area (Å²) in [4.78, 5) is 16.1. The largest absolute Gasteiger partial charge is 0.251 e. The molecule has 6 nitrogen and oxygen atoms in total. The van der Waals surface area contributed by atoms with E-state index in [1.165, 1.54) is 92.0 Å². The van der Waals surface area contributed by atoms with Crippen LogP contribution in [0.3, 0.4) is 0 Å². The van der Waals surface area contributed by atoms with Crippen molar-refractivity contribution in [2.75, 3.05) is 0 Å². The highest BCUT2D eigenvalue weighted by atomic mass is 15.3. The summed E-state index contributed by atoms with van der Waals surface area (Å²) in [5.41, 5.74) is 8.64. The molecule has 0 amide bonds. The van der Waals surface area contributed by atoms with Crippen LogP contribution < -0.4 is 0 Å². The molecular formula is C24H24N6. The molecule has 0 aromatic carbocycles. The number of hydrogen-bond donors (Lipinski definition) is 0. The number of nitrogens with zero attached hydrogens (tertiary/aromatic N) is 6. The Morgan fingerprint density at radius 1 is 0.433 bits per heavy atom. The van der Waals surface area contributed by atoms with Gasteiger partial charge in [-0.05, 0) is 57.8 Å². The van der Waals surface area contributed by atoms with Gasteiger partial charge in [-0.15, -0.1) is 0 Å². The predicted octanol–water partition coefficient (Wildman–Crippen LogP) is 4.72. The molecule has 0 radical (unpaired) electrons. The predicted molar refractivity (Wildman–Crippen MR) is 111 cm³/mol. The van der Waals surface area contributed by atoms with Gasteiger partial charge in [0.1, 0.15) is 0 Å². The summed E-state index contributed by atoms with van der Waals surface area (Å²) in [6, 6.07) is 0. The minimum atomic E-state index is 0.672. The molecule has 0 saturated heterocycles. The lowest BCUT2D eigenvalue weighted by Crippen LogP contribution is -2.11. The number of hydrogen-bond acceptors (Lipinski definition) is 3. The Hall–Kier alpha value is -2.37. The van der Waals surface area contributed by atoms with Gasteiger partial charge in [0.05, 0.1) is 34.2 Å². The van der Waals surface area contributed by atoms with Crippen LogP contribution >= 0.6 is 0 Å². The van der Waals surface area contributed by atoms with E-state index < -0.39 is 0 Å². The van der Waals surface area contributed by atoms with Crippen molar-refractivity contribution >= 4 is 17.3 Å². The minimum Gasteiger partial charge on any atom is -0.251 e. The van der Waals surface area contributed by atoms with Gasteiger partial charge >= 0.3 is 0 Å². The van der Waals surface area contributed by atoms with Crippen LogP contribution in [-0.4, -0.2) is 28.2 Å². The third-order valence-electron chi connectivity index (χ3n) is 9.99. The molecule has 4 aromatic rings.